The Kier molecular flexibility index (Phi) is 6.38. The number of hydrogen-bond donors (Lipinski definition) is 3. The van der Waals surface area contributed by atoms with Gasteiger partial charge in [0, 0.05) is 49.0 Å². The third-order valence-electron chi connectivity index (χ3n) is 5.65. The van der Waals surface area contributed by atoms with E-state index in [4.69, 9.17) is 4.74 Å². The van der Waals surface area contributed by atoms with E-state index in [0.29, 0.717) is 24.5 Å². The number of pyridine rings is 1. The molecule has 3 aromatic heterocycles. The Balaban J connectivity index is 1.68. The first-order valence-corrected chi connectivity index (χ1v) is 10.7. The van der Waals surface area contributed by atoms with Crippen molar-refractivity contribution in [2.75, 3.05) is 25.1 Å². The van der Waals surface area contributed by atoms with Crippen LogP contribution in [-0.2, 0) is 4.74 Å². The Morgan fingerprint density at radius 3 is 2.81 bits per heavy atom. The number of carbonyl (C=O) groups is 1. The summed E-state index contributed by atoms with van der Waals surface area (Å²) in [5.41, 5.74) is 2.01. The Labute approximate surface area is 185 Å². The fourth-order valence-electron chi connectivity index (χ4n) is 3.65. The molecule has 8 nitrogen and oxygen atoms in total. The van der Waals surface area contributed by atoms with Crippen molar-refractivity contribution < 1.29 is 19.0 Å². The Morgan fingerprint density at radius 2 is 2.12 bits per heavy atom. The first kappa shape index (κ1) is 22.2. The van der Waals surface area contributed by atoms with Crippen molar-refractivity contribution in [2.45, 2.75) is 44.5 Å². The molecule has 0 aromatic carbocycles. The van der Waals surface area contributed by atoms with Gasteiger partial charge >= 0.3 is 0 Å². The second-order valence-electron chi connectivity index (χ2n) is 8.60. The number of fused-ring (bicyclic) bond motifs is 1. The highest BCUT2D eigenvalue weighted by Crippen LogP contribution is 2.30. The minimum atomic E-state index is -1.60. The number of amides is 1. The summed E-state index contributed by atoms with van der Waals surface area (Å²) in [5.74, 6) is -0.453. The summed E-state index contributed by atoms with van der Waals surface area (Å²) in [6, 6.07) is 5.92. The van der Waals surface area contributed by atoms with Gasteiger partial charge in [0.25, 0.3) is 5.91 Å². The van der Waals surface area contributed by atoms with Crippen LogP contribution in [0.1, 0.15) is 37.0 Å². The minimum Gasteiger partial charge on any atom is -0.387 e. The first-order valence-electron chi connectivity index (χ1n) is 10.7. The van der Waals surface area contributed by atoms with Crippen molar-refractivity contribution >= 4 is 17.1 Å². The highest BCUT2D eigenvalue weighted by atomic mass is 19.1. The number of aromatic nitrogens is 3. The van der Waals surface area contributed by atoms with Gasteiger partial charge in [0.05, 0.1) is 35.1 Å². The fraction of sp³-hybridized carbons (Fsp3) is 0.435. The smallest absolute Gasteiger partial charge is 0.255 e. The van der Waals surface area contributed by atoms with Crippen LogP contribution in [-0.4, -0.2) is 63.2 Å². The molecule has 0 spiro atoms. The number of rotatable bonds is 7. The third kappa shape index (κ3) is 4.89. The fourth-order valence-corrected chi connectivity index (χ4v) is 3.65. The molecule has 3 N–H and O–H groups in total. The van der Waals surface area contributed by atoms with E-state index in [0.717, 1.165) is 29.5 Å². The predicted molar refractivity (Wildman–Crippen MR) is 119 cm³/mol. The van der Waals surface area contributed by atoms with Crippen molar-refractivity contribution in [3.05, 3.63) is 48.5 Å². The van der Waals surface area contributed by atoms with Gasteiger partial charge in [-0.2, -0.15) is 5.10 Å². The lowest BCUT2D eigenvalue weighted by molar-refractivity contribution is -0.00177. The summed E-state index contributed by atoms with van der Waals surface area (Å²) < 4.78 is 21.4. The molecule has 1 atom stereocenters. The number of alkyl halides is 1. The SMILES string of the molecule is CC(C)(O)C(F)CNC(=O)c1cnn2cc(-c3cccnc3)cc2c1NC1CCOCC1. The summed E-state index contributed by atoms with van der Waals surface area (Å²) in [7, 11) is 0. The molecule has 32 heavy (non-hydrogen) atoms. The Morgan fingerprint density at radius 1 is 1.34 bits per heavy atom. The largest absolute Gasteiger partial charge is 0.387 e. The summed E-state index contributed by atoms with van der Waals surface area (Å²) >= 11 is 0. The van der Waals surface area contributed by atoms with Crippen molar-refractivity contribution in [2.24, 2.45) is 0 Å². The summed E-state index contributed by atoms with van der Waals surface area (Å²) in [4.78, 5) is 17.2. The van der Waals surface area contributed by atoms with E-state index in [-0.39, 0.29) is 12.6 Å². The van der Waals surface area contributed by atoms with Crippen LogP contribution in [0.5, 0.6) is 0 Å². The molecule has 9 heteroatoms. The van der Waals surface area contributed by atoms with E-state index in [1.54, 1.807) is 16.9 Å². The zero-order valence-electron chi connectivity index (χ0n) is 18.2. The number of nitrogens with one attached hydrogen (secondary N) is 2. The van der Waals surface area contributed by atoms with Crippen LogP contribution < -0.4 is 10.6 Å². The highest BCUT2D eigenvalue weighted by Gasteiger charge is 2.28. The van der Waals surface area contributed by atoms with Gasteiger partial charge < -0.3 is 20.5 Å². The van der Waals surface area contributed by atoms with E-state index in [1.807, 2.05) is 24.4 Å². The lowest BCUT2D eigenvalue weighted by Gasteiger charge is -2.26. The molecule has 1 unspecified atom stereocenters. The normalized spacial score (nSPS) is 16.1. The Bertz CT molecular complexity index is 1070. The zero-order chi connectivity index (χ0) is 22.7. The van der Waals surface area contributed by atoms with Gasteiger partial charge in [-0.1, -0.05) is 6.07 Å². The van der Waals surface area contributed by atoms with Crippen molar-refractivity contribution in [3.8, 4) is 11.1 Å². The average molecular weight is 442 g/mol. The first-order chi connectivity index (χ1) is 15.3. The number of anilines is 1. The van der Waals surface area contributed by atoms with Crippen molar-refractivity contribution in [1.29, 1.82) is 0 Å². The van der Waals surface area contributed by atoms with Gasteiger partial charge in [-0.3, -0.25) is 9.78 Å². The van der Waals surface area contributed by atoms with Gasteiger partial charge in [0.1, 0.15) is 6.17 Å². The lowest BCUT2D eigenvalue weighted by atomic mass is 10.0. The molecule has 170 valence electrons. The van der Waals surface area contributed by atoms with Crippen molar-refractivity contribution in [1.82, 2.24) is 19.9 Å². The molecule has 1 fully saturated rings. The molecule has 1 saturated heterocycles. The Hall–Kier alpha value is -3.04. The molecule has 1 aliphatic heterocycles. The summed E-state index contributed by atoms with van der Waals surface area (Å²) in [6.45, 7) is 3.74. The van der Waals surface area contributed by atoms with Gasteiger partial charge in [-0.05, 0) is 38.8 Å². The van der Waals surface area contributed by atoms with E-state index < -0.39 is 17.7 Å². The molecule has 0 aliphatic carbocycles. The molecule has 0 radical (unpaired) electrons. The molecular formula is C23H28FN5O3. The maximum atomic E-state index is 14.2. The van der Waals surface area contributed by atoms with Crippen LogP contribution in [0.15, 0.2) is 43.0 Å². The van der Waals surface area contributed by atoms with E-state index in [9.17, 15) is 14.3 Å². The second-order valence-corrected chi connectivity index (χ2v) is 8.60. The number of ether oxygens (including phenoxy) is 1. The number of carbonyl (C=O) groups excluding carboxylic acids is 1. The lowest BCUT2D eigenvalue weighted by Crippen LogP contribution is -2.42. The van der Waals surface area contributed by atoms with Crippen LogP contribution in [0.2, 0.25) is 0 Å². The standard InChI is InChI=1S/C23H28FN5O3/c1-23(2,31)20(24)13-26-22(30)18-12-27-29-14-16(15-4-3-7-25-11-15)10-19(29)21(18)28-17-5-8-32-9-6-17/h3-4,7,10-12,14,17,20,28,31H,5-6,8-9,13H2,1-2H3,(H,26,30). The van der Waals surface area contributed by atoms with Crippen LogP contribution in [0, 0.1) is 0 Å². The third-order valence-corrected chi connectivity index (χ3v) is 5.65. The number of halogens is 1. The van der Waals surface area contributed by atoms with Crippen molar-refractivity contribution in [3.63, 3.8) is 0 Å². The summed E-state index contributed by atoms with van der Waals surface area (Å²) in [6.07, 6.45) is 6.88. The second kappa shape index (κ2) is 9.22. The number of hydrogen-bond acceptors (Lipinski definition) is 6. The minimum absolute atomic E-state index is 0.142. The van der Waals surface area contributed by atoms with Gasteiger partial charge in [0.2, 0.25) is 0 Å². The van der Waals surface area contributed by atoms with E-state index in [1.165, 1.54) is 20.0 Å². The van der Waals surface area contributed by atoms with Crippen LogP contribution in [0.3, 0.4) is 0 Å². The quantitative estimate of drug-likeness (QED) is 0.521. The predicted octanol–water partition coefficient (Wildman–Crippen LogP) is 2.83. The summed E-state index contributed by atoms with van der Waals surface area (Å²) in [5, 5.41) is 20.3. The van der Waals surface area contributed by atoms with Crippen LogP contribution in [0.25, 0.3) is 16.6 Å². The van der Waals surface area contributed by atoms with Crippen LogP contribution in [0.4, 0.5) is 10.1 Å². The molecular weight excluding hydrogens is 413 g/mol. The number of aliphatic hydroxyl groups is 1. The van der Waals surface area contributed by atoms with Gasteiger partial charge in [0.15, 0.2) is 0 Å². The van der Waals surface area contributed by atoms with E-state index >= 15 is 0 Å². The zero-order valence-corrected chi connectivity index (χ0v) is 18.2. The number of nitrogens with zero attached hydrogens (tertiary/aromatic N) is 3. The monoisotopic (exact) mass is 441 g/mol. The molecule has 4 heterocycles. The highest BCUT2D eigenvalue weighted by molar-refractivity contribution is 6.03. The van der Waals surface area contributed by atoms with Gasteiger partial charge in [-0.15, -0.1) is 0 Å². The molecule has 3 aromatic rings. The molecule has 4 rings (SSSR count). The topological polar surface area (TPSA) is 101 Å². The maximum absolute atomic E-state index is 14.2. The van der Waals surface area contributed by atoms with E-state index in [2.05, 4.69) is 20.7 Å². The maximum Gasteiger partial charge on any atom is 0.255 e. The molecule has 0 bridgehead atoms. The molecule has 0 saturated carbocycles. The molecule has 1 amide bonds. The molecule has 1 aliphatic rings. The van der Waals surface area contributed by atoms with Gasteiger partial charge in [-0.25, -0.2) is 8.91 Å². The van der Waals surface area contributed by atoms with Crippen LogP contribution >= 0.6 is 0 Å². The average Bonchev–Trinajstić information content (AvgIpc) is 3.23.